The highest BCUT2D eigenvalue weighted by molar-refractivity contribution is 5.67. The molecular formula is C14H29N3O3. The van der Waals surface area contributed by atoms with E-state index < -0.39 is 11.7 Å². The molecule has 1 rings (SSSR count). The molecule has 20 heavy (non-hydrogen) atoms. The van der Waals surface area contributed by atoms with Crippen LogP contribution in [0.15, 0.2) is 0 Å². The predicted octanol–water partition coefficient (Wildman–Crippen LogP) is 0.948. The summed E-state index contributed by atoms with van der Waals surface area (Å²) in [5.41, 5.74) is 5.34. The molecule has 3 N–H and O–H groups in total. The van der Waals surface area contributed by atoms with E-state index in [4.69, 9.17) is 15.2 Å². The molecule has 3 atom stereocenters. The van der Waals surface area contributed by atoms with Gasteiger partial charge in [0.1, 0.15) is 5.60 Å². The Labute approximate surface area is 122 Å². The van der Waals surface area contributed by atoms with Crippen molar-refractivity contribution in [1.29, 1.82) is 0 Å². The third-order valence-electron chi connectivity index (χ3n) is 3.59. The first kappa shape index (κ1) is 17.2. The number of carbonyl (C=O) groups is 1. The number of ether oxygens (including phenoxy) is 2. The molecule has 3 unspecified atom stereocenters. The standard InChI is InChI=1S/C14H29N3O3/c1-10-12(6-7-19-10)17(5)11(8-15)9-16-13(18)20-14(2,3)4/h10-12H,6-9,15H2,1-5H3,(H,16,18). The monoisotopic (exact) mass is 287 g/mol. The number of nitrogens with two attached hydrogens (primary N) is 1. The first-order valence-electron chi connectivity index (χ1n) is 7.25. The van der Waals surface area contributed by atoms with Gasteiger partial charge in [0.2, 0.25) is 0 Å². The zero-order chi connectivity index (χ0) is 15.3. The molecule has 0 aliphatic carbocycles. The number of rotatable bonds is 5. The second-order valence-electron chi connectivity index (χ2n) is 6.37. The maximum absolute atomic E-state index is 11.7. The number of likely N-dealkylation sites (N-methyl/N-ethyl adjacent to an activating group) is 1. The van der Waals surface area contributed by atoms with E-state index in [-0.39, 0.29) is 12.1 Å². The third-order valence-corrected chi connectivity index (χ3v) is 3.59. The van der Waals surface area contributed by atoms with E-state index in [1.807, 2.05) is 27.8 Å². The van der Waals surface area contributed by atoms with Crippen molar-refractivity contribution in [2.75, 3.05) is 26.7 Å². The van der Waals surface area contributed by atoms with Gasteiger partial charge in [-0.15, -0.1) is 0 Å². The highest BCUT2D eigenvalue weighted by atomic mass is 16.6. The minimum absolute atomic E-state index is 0.0802. The average Bonchev–Trinajstić information content (AvgIpc) is 2.73. The molecule has 118 valence electrons. The lowest BCUT2D eigenvalue weighted by atomic mass is 10.1. The van der Waals surface area contributed by atoms with Crippen molar-refractivity contribution in [2.24, 2.45) is 5.73 Å². The Morgan fingerprint density at radius 2 is 2.20 bits per heavy atom. The highest BCUT2D eigenvalue weighted by Gasteiger charge is 2.31. The summed E-state index contributed by atoms with van der Waals surface area (Å²) >= 11 is 0. The van der Waals surface area contributed by atoms with Crippen LogP contribution in [-0.4, -0.2) is 61.5 Å². The maximum atomic E-state index is 11.7. The molecule has 6 heteroatoms. The Morgan fingerprint density at radius 1 is 1.55 bits per heavy atom. The summed E-state index contributed by atoms with van der Waals surface area (Å²) in [5, 5.41) is 2.79. The van der Waals surface area contributed by atoms with Crippen LogP contribution in [0.5, 0.6) is 0 Å². The third kappa shape index (κ3) is 5.26. The van der Waals surface area contributed by atoms with Gasteiger partial charge in [0, 0.05) is 31.8 Å². The van der Waals surface area contributed by atoms with Crippen molar-refractivity contribution >= 4 is 6.09 Å². The minimum Gasteiger partial charge on any atom is -0.444 e. The van der Waals surface area contributed by atoms with Crippen molar-refractivity contribution in [3.05, 3.63) is 0 Å². The van der Waals surface area contributed by atoms with Crippen LogP contribution < -0.4 is 11.1 Å². The van der Waals surface area contributed by atoms with Crippen LogP contribution in [0.2, 0.25) is 0 Å². The van der Waals surface area contributed by atoms with Crippen LogP contribution in [0.4, 0.5) is 4.79 Å². The zero-order valence-corrected chi connectivity index (χ0v) is 13.3. The fraction of sp³-hybridized carbons (Fsp3) is 0.929. The average molecular weight is 287 g/mol. The van der Waals surface area contributed by atoms with Gasteiger partial charge in [-0.1, -0.05) is 0 Å². The Hall–Kier alpha value is -0.850. The van der Waals surface area contributed by atoms with Gasteiger partial charge in [-0.2, -0.15) is 0 Å². The summed E-state index contributed by atoms with van der Waals surface area (Å²) < 4.78 is 10.8. The fourth-order valence-corrected chi connectivity index (χ4v) is 2.43. The quantitative estimate of drug-likeness (QED) is 0.787. The van der Waals surface area contributed by atoms with Crippen molar-refractivity contribution in [3.8, 4) is 0 Å². The summed E-state index contributed by atoms with van der Waals surface area (Å²) in [7, 11) is 2.03. The molecule has 1 saturated heterocycles. The summed E-state index contributed by atoms with van der Waals surface area (Å²) in [4.78, 5) is 13.9. The topological polar surface area (TPSA) is 76.8 Å². The Bertz CT molecular complexity index is 317. The number of hydrogen-bond acceptors (Lipinski definition) is 5. The van der Waals surface area contributed by atoms with Gasteiger partial charge in [-0.3, -0.25) is 4.90 Å². The number of carbonyl (C=O) groups excluding carboxylic acids is 1. The molecule has 0 saturated carbocycles. The van der Waals surface area contributed by atoms with Crippen LogP contribution in [0.25, 0.3) is 0 Å². The normalized spacial score (nSPS) is 24.8. The largest absolute Gasteiger partial charge is 0.444 e. The van der Waals surface area contributed by atoms with Crippen molar-refractivity contribution < 1.29 is 14.3 Å². The highest BCUT2D eigenvalue weighted by Crippen LogP contribution is 2.19. The SMILES string of the molecule is CC1OCCC1N(C)C(CN)CNC(=O)OC(C)(C)C. The molecule has 1 amide bonds. The van der Waals surface area contributed by atoms with Gasteiger partial charge in [0.05, 0.1) is 6.10 Å². The molecule has 0 bridgehead atoms. The zero-order valence-electron chi connectivity index (χ0n) is 13.3. The predicted molar refractivity (Wildman–Crippen MR) is 78.7 cm³/mol. The first-order valence-corrected chi connectivity index (χ1v) is 7.25. The van der Waals surface area contributed by atoms with Crippen LogP contribution in [0.3, 0.4) is 0 Å². The maximum Gasteiger partial charge on any atom is 0.407 e. The van der Waals surface area contributed by atoms with E-state index in [2.05, 4.69) is 17.1 Å². The van der Waals surface area contributed by atoms with Gasteiger partial charge in [-0.25, -0.2) is 4.79 Å². The second kappa shape index (κ2) is 7.24. The van der Waals surface area contributed by atoms with Gasteiger partial charge in [0.25, 0.3) is 0 Å². The molecule has 1 aliphatic heterocycles. The first-order chi connectivity index (χ1) is 9.24. The van der Waals surface area contributed by atoms with E-state index in [0.29, 0.717) is 19.1 Å². The fourth-order valence-electron chi connectivity index (χ4n) is 2.43. The molecule has 6 nitrogen and oxygen atoms in total. The summed E-state index contributed by atoms with van der Waals surface area (Å²) in [6.07, 6.45) is 0.802. The minimum atomic E-state index is -0.484. The molecule has 0 aromatic carbocycles. The van der Waals surface area contributed by atoms with E-state index in [9.17, 15) is 4.79 Å². The summed E-state index contributed by atoms with van der Waals surface area (Å²) in [5.74, 6) is 0. The summed E-state index contributed by atoms with van der Waals surface area (Å²) in [6.45, 7) is 9.35. The van der Waals surface area contributed by atoms with Gasteiger partial charge >= 0.3 is 6.09 Å². The van der Waals surface area contributed by atoms with Crippen molar-refractivity contribution in [2.45, 2.75) is 57.9 Å². The molecule has 1 aliphatic rings. The lowest BCUT2D eigenvalue weighted by molar-refractivity contribution is 0.0475. The number of nitrogens with one attached hydrogen (secondary N) is 1. The lowest BCUT2D eigenvalue weighted by Gasteiger charge is -2.34. The van der Waals surface area contributed by atoms with E-state index in [1.165, 1.54) is 0 Å². The number of alkyl carbamates (subject to hydrolysis) is 1. The summed E-state index contributed by atoms with van der Waals surface area (Å²) in [6, 6.07) is 0.431. The molecule has 1 heterocycles. The van der Waals surface area contributed by atoms with Crippen molar-refractivity contribution in [1.82, 2.24) is 10.2 Å². The van der Waals surface area contributed by atoms with Crippen LogP contribution in [-0.2, 0) is 9.47 Å². The van der Waals surface area contributed by atoms with Crippen molar-refractivity contribution in [3.63, 3.8) is 0 Å². The molecular weight excluding hydrogens is 258 g/mol. The lowest BCUT2D eigenvalue weighted by Crippen LogP contribution is -2.52. The number of nitrogens with zero attached hydrogens (tertiary/aromatic N) is 1. The van der Waals surface area contributed by atoms with E-state index in [1.54, 1.807) is 0 Å². The molecule has 0 aromatic heterocycles. The van der Waals surface area contributed by atoms with Gasteiger partial charge in [-0.05, 0) is 41.2 Å². The Balaban J connectivity index is 2.44. The molecule has 0 radical (unpaired) electrons. The molecule has 1 fully saturated rings. The van der Waals surface area contributed by atoms with E-state index in [0.717, 1.165) is 13.0 Å². The second-order valence-corrected chi connectivity index (χ2v) is 6.37. The van der Waals surface area contributed by atoms with Gasteiger partial charge in [0.15, 0.2) is 0 Å². The van der Waals surface area contributed by atoms with Crippen LogP contribution in [0.1, 0.15) is 34.1 Å². The molecule has 0 aromatic rings. The molecule has 0 spiro atoms. The Morgan fingerprint density at radius 3 is 2.65 bits per heavy atom. The number of amides is 1. The van der Waals surface area contributed by atoms with E-state index >= 15 is 0 Å². The van der Waals surface area contributed by atoms with Crippen LogP contribution >= 0.6 is 0 Å². The number of hydrogen-bond donors (Lipinski definition) is 2. The van der Waals surface area contributed by atoms with Crippen LogP contribution in [0, 0.1) is 0 Å². The smallest absolute Gasteiger partial charge is 0.407 e. The Kier molecular flexibility index (Phi) is 6.23. The van der Waals surface area contributed by atoms with Gasteiger partial charge < -0.3 is 20.5 Å².